The van der Waals surface area contributed by atoms with Gasteiger partial charge in [-0.15, -0.1) is 0 Å². The predicted molar refractivity (Wildman–Crippen MR) is 77.3 cm³/mol. The topological polar surface area (TPSA) is 9.23 Å². The van der Waals surface area contributed by atoms with Crippen LogP contribution in [-0.2, 0) is 0 Å². The van der Waals surface area contributed by atoms with Gasteiger partial charge >= 0.3 is 0 Å². The summed E-state index contributed by atoms with van der Waals surface area (Å²) in [6.45, 7) is 1.52. The molecule has 0 heterocycles. The summed E-state index contributed by atoms with van der Waals surface area (Å²) in [6, 6.07) is 7.97. The van der Waals surface area contributed by atoms with Crippen LogP contribution >= 0.6 is 0 Å². The Morgan fingerprint density at radius 1 is 1.11 bits per heavy atom. The molecule has 19 heavy (non-hydrogen) atoms. The Hall–Kier alpha value is -1.05. The van der Waals surface area contributed by atoms with Gasteiger partial charge in [0, 0.05) is 0 Å². The second kappa shape index (κ2) is 7.52. The highest BCUT2D eigenvalue weighted by Crippen LogP contribution is 2.38. The molecule has 2 heteroatoms. The fourth-order valence-electron chi connectivity index (χ4n) is 3.18. The molecule has 106 valence electrons. The van der Waals surface area contributed by atoms with Gasteiger partial charge in [-0.05, 0) is 55.2 Å². The van der Waals surface area contributed by atoms with Gasteiger partial charge in [0.1, 0.15) is 5.75 Å². The van der Waals surface area contributed by atoms with Crippen LogP contribution in [0.4, 0.5) is 4.39 Å². The van der Waals surface area contributed by atoms with E-state index >= 15 is 0 Å². The summed E-state index contributed by atoms with van der Waals surface area (Å²) in [5.41, 5.74) is 1.39. The molecule has 0 aromatic heterocycles. The van der Waals surface area contributed by atoms with Gasteiger partial charge in [-0.2, -0.15) is 0 Å². The van der Waals surface area contributed by atoms with Crippen LogP contribution in [0.1, 0.15) is 63.4 Å². The largest absolute Gasteiger partial charge is 0.463 e. The van der Waals surface area contributed by atoms with Crippen LogP contribution < -0.4 is 4.74 Å². The average Bonchev–Trinajstić information content (AvgIpc) is 2.47. The average molecular weight is 264 g/mol. The maximum atomic E-state index is 12.1. The van der Waals surface area contributed by atoms with E-state index in [2.05, 4.69) is 19.1 Å². The number of unbranched alkanes of at least 4 members (excludes halogenated alkanes) is 1. The maximum absolute atomic E-state index is 12.1. The van der Waals surface area contributed by atoms with Gasteiger partial charge in [-0.25, -0.2) is 4.39 Å². The zero-order valence-corrected chi connectivity index (χ0v) is 11.9. The van der Waals surface area contributed by atoms with Crippen molar-refractivity contribution >= 4 is 0 Å². The molecule has 0 radical (unpaired) electrons. The molecular formula is C17H25FO. The lowest BCUT2D eigenvalue weighted by molar-refractivity contribution is 0.191. The quantitative estimate of drug-likeness (QED) is 0.663. The molecule has 0 N–H and O–H groups in total. The summed E-state index contributed by atoms with van der Waals surface area (Å²) in [6.07, 6.45) is 9.45. The third-order valence-electron chi connectivity index (χ3n) is 4.39. The van der Waals surface area contributed by atoms with Crippen molar-refractivity contribution in [2.75, 3.05) is 6.86 Å². The normalized spacial score (nSPS) is 23.3. The molecule has 0 spiro atoms. The number of benzene rings is 1. The van der Waals surface area contributed by atoms with E-state index in [4.69, 9.17) is 4.74 Å². The number of alkyl halides is 1. The van der Waals surface area contributed by atoms with E-state index in [0.29, 0.717) is 11.7 Å². The van der Waals surface area contributed by atoms with Gasteiger partial charge in [0.25, 0.3) is 0 Å². The van der Waals surface area contributed by atoms with Gasteiger partial charge in [0.15, 0.2) is 0 Å². The molecule has 0 bridgehead atoms. The van der Waals surface area contributed by atoms with Crippen LogP contribution in [0.15, 0.2) is 24.3 Å². The Morgan fingerprint density at radius 2 is 1.79 bits per heavy atom. The lowest BCUT2D eigenvalue weighted by Crippen LogP contribution is -2.13. The molecule has 0 saturated heterocycles. The maximum Gasteiger partial charge on any atom is 0.228 e. The Bertz CT molecular complexity index is 352. The first-order valence-corrected chi connectivity index (χ1v) is 7.62. The van der Waals surface area contributed by atoms with Crippen LogP contribution in [0.5, 0.6) is 5.75 Å². The molecule has 1 nitrogen and oxygen atoms in total. The van der Waals surface area contributed by atoms with E-state index in [1.807, 2.05) is 12.1 Å². The van der Waals surface area contributed by atoms with Crippen molar-refractivity contribution in [1.29, 1.82) is 0 Å². The number of halogens is 1. The molecule has 1 aliphatic carbocycles. The first-order chi connectivity index (χ1) is 9.33. The molecule has 0 unspecified atom stereocenters. The smallest absolute Gasteiger partial charge is 0.228 e. The van der Waals surface area contributed by atoms with E-state index in [9.17, 15) is 4.39 Å². The fraction of sp³-hybridized carbons (Fsp3) is 0.647. The lowest BCUT2D eigenvalue weighted by Gasteiger charge is -2.28. The van der Waals surface area contributed by atoms with Gasteiger partial charge < -0.3 is 4.74 Å². The highest BCUT2D eigenvalue weighted by atomic mass is 19.1. The van der Waals surface area contributed by atoms with Crippen LogP contribution in [0.2, 0.25) is 0 Å². The molecular weight excluding hydrogens is 239 g/mol. The number of rotatable bonds is 6. The molecule has 2 rings (SSSR count). The van der Waals surface area contributed by atoms with Crippen molar-refractivity contribution < 1.29 is 9.13 Å². The zero-order valence-electron chi connectivity index (χ0n) is 11.9. The van der Waals surface area contributed by atoms with Gasteiger partial charge in [-0.3, -0.25) is 0 Å². The van der Waals surface area contributed by atoms with Gasteiger partial charge in [0.2, 0.25) is 6.86 Å². The van der Waals surface area contributed by atoms with Gasteiger partial charge in [-0.1, -0.05) is 38.3 Å². The van der Waals surface area contributed by atoms with Crippen molar-refractivity contribution in [2.24, 2.45) is 5.92 Å². The van der Waals surface area contributed by atoms with E-state index in [1.54, 1.807) is 0 Å². The second-order valence-electron chi connectivity index (χ2n) is 5.68. The molecule has 0 aliphatic heterocycles. The van der Waals surface area contributed by atoms with E-state index < -0.39 is 6.86 Å². The summed E-state index contributed by atoms with van der Waals surface area (Å²) in [5, 5.41) is 0. The lowest BCUT2D eigenvalue weighted by atomic mass is 9.77. The van der Waals surface area contributed by atoms with E-state index in [0.717, 1.165) is 5.92 Å². The van der Waals surface area contributed by atoms with Crippen molar-refractivity contribution in [3.63, 3.8) is 0 Å². The van der Waals surface area contributed by atoms with E-state index in [-0.39, 0.29) is 0 Å². The van der Waals surface area contributed by atoms with Crippen molar-refractivity contribution in [3.05, 3.63) is 29.8 Å². The third kappa shape index (κ3) is 4.22. The van der Waals surface area contributed by atoms with Crippen molar-refractivity contribution in [1.82, 2.24) is 0 Å². The standard InChI is InChI=1S/C17H25FO/c1-2-3-4-14-5-7-15(8-6-14)16-9-11-17(12-10-16)19-13-18/h9-12,14-15H,2-8,13H2,1H3. The summed E-state index contributed by atoms with van der Waals surface area (Å²) in [5.74, 6) is 2.27. The first-order valence-electron chi connectivity index (χ1n) is 7.62. The minimum absolute atomic E-state index is 0.628. The summed E-state index contributed by atoms with van der Waals surface area (Å²) in [7, 11) is 0. The van der Waals surface area contributed by atoms with Crippen LogP contribution in [0.25, 0.3) is 0 Å². The predicted octanol–water partition coefficient (Wildman–Crippen LogP) is 5.46. The molecule has 0 atom stereocenters. The fourth-order valence-corrected chi connectivity index (χ4v) is 3.18. The monoisotopic (exact) mass is 264 g/mol. The van der Waals surface area contributed by atoms with Crippen LogP contribution in [0, 0.1) is 5.92 Å². The summed E-state index contributed by atoms with van der Waals surface area (Å²) >= 11 is 0. The first kappa shape index (κ1) is 14.4. The zero-order chi connectivity index (χ0) is 13.5. The number of hydrogen-bond donors (Lipinski definition) is 0. The molecule has 1 fully saturated rings. The van der Waals surface area contributed by atoms with E-state index in [1.165, 1.54) is 50.5 Å². The number of ether oxygens (including phenoxy) is 1. The van der Waals surface area contributed by atoms with Crippen molar-refractivity contribution in [3.8, 4) is 5.75 Å². The van der Waals surface area contributed by atoms with Crippen LogP contribution in [0.3, 0.4) is 0 Å². The SMILES string of the molecule is CCCCC1CCC(c2ccc(OCF)cc2)CC1. The number of hydrogen-bond acceptors (Lipinski definition) is 1. The Kier molecular flexibility index (Phi) is 5.68. The molecule has 1 aromatic carbocycles. The van der Waals surface area contributed by atoms with Gasteiger partial charge in [0.05, 0.1) is 0 Å². The van der Waals surface area contributed by atoms with Crippen LogP contribution in [-0.4, -0.2) is 6.86 Å². The molecule has 1 aliphatic rings. The highest BCUT2D eigenvalue weighted by Gasteiger charge is 2.21. The second-order valence-corrected chi connectivity index (χ2v) is 5.68. The highest BCUT2D eigenvalue weighted by molar-refractivity contribution is 5.29. The van der Waals surface area contributed by atoms with Crippen molar-refractivity contribution in [2.45, 2.75) is 57.8 Å². The molecule has 1 saturated carbocycles. The minimum atomic E-state index is -0.748. The minimum Gasteiger partial charge on any atom is -0.463 e. The molecule has 1 aromatic rings. The summed E-state index contributed by atoms with van der Waals surface area (Å²) < 4.78 is 16.9. The third-order valence-corrected chi connectivity index (χ3v) is 4.39. The molecule has 0 amide bonds. The Labute approximate surface area is 116 Å². The summed E-state index contributed by atoms with van der Waals surface area (Å²) in [4.78, 5) is 0. The Balaban J connectivity index is 1.83. The Morgan fingerprint density at radius 3 is 2.37 bits per heavy atom.